The molecule has 3 rings (SSSR count). The fourth-order valence-electron chi connectivity index (χ4n) is 2.91. The second-order valence-electron chi connectivity index (χ2n) is 5.24. The summed E-state index contributed by atoms with van der Waals surface area (Å²) in [5.41, 5.74) is 6.06. The van der Waals surface area contributed by atoms with Crippen LogP contribution in [0, 0.1) is 0 Å². The molecule has 2 aliphatic heterocycles. The molecule has 2 aliphatic rings. The Hall–Kier alpha value is -1.31. The first-order valence-corrected chi connectivity index (χ1v) is 8.09. The van der Waals surface area contributed by atoms with Gasteiger partial charge in [-0.05, 0) is 37.5 Å². The number of nitrogen functional groups attached to an aromatic ring is 1. The molecular formula is C13H18N2O4S. The average molecular weight is 298 g/mol. The van der Waals surface area contributed by atoms with Crippen molar-refractivity contribution in [1.82, 2.24) is 4.72 Å². The van der Waals surface area contributed by atoms with Crippen LogP contribution in [0.25, 0.3) is 0 Å². The molecular weight excluding hydrogens is 280 g/mol. The highest BCUT2D eigenvalue weighted by molar-refractivity contribution is 7.89. The molecule has 3 unspecified atom stereocenters. The van der Waals surface area contributed by atoms with Gasteiger partial charge in [-0.25, -0.2) is 13.1 Å². The van der Waals surface area contributed by atoms with Crippen molar-refractivity contribution in [3.63, 3.8) is 0 Å². The Kier molecular flexibility index (Phi) is 3.35. The molecule has 1 aromatic rings. The molecule has 0 amide bonds. The lowest BCUT2D eigenvalue weighted by Gasteiger charge is -2.20. The minimum atomic E-state index is -3.58. The molecule has 20 heavy (non-hydrogen) atoms. The minimum Gasteiger partial charge on any atom is -0.495 e. The van der Waals surface area contributed by atoms with E-state index in [0.29, 0.717) is 11.4 Å². The summed E-state index contributed by atoms with van der Waals surface area (Å²) in [4.78, 5) is 0.151. The van der Waals surface area contributed by atoms with Crippen molar-refractivity contribution in [2.24, 2.45) is 0 Å². The van der Waals surface area contributed by atoms with Crippen LogP contribution in [0.2, 0.25) is 0 Å². The summed E-state index contributed by atoms with van der Waals surface area (Å²) in [5, 5.41) is 0. The van der Waals surface area contributed by atoms with E-state index in [9.17, 15) is 8.42 Å². The monoisotopic (exact) mass is 298 g/mol. The molecule has 0 aliphatic carbocycles. The van der Waals surface area contributed by atoms with Gasteiger partial charge in [0.2, 0.25) is 10.0 Å². The third-order valence-corrected chi connectivity index (χ3v) is 5.41. The lowest BCUT2D eigenvalue weighted by molar-refractivity contribution is 0.0996. The molecule has 2 bridgehead atoms. The topological polar surface area (TPSA) is 90.7 Å². The zero-order valence-electron chi connectivity index (χ0n) is 11.2. The zero-order chi connectivity index (χ0) is 14.3. The van der Waals surface area contributed by atoms with E-state index in [2.05, 4.69) is 4.72 Å². The fourth-order valence-corrected chi connectivity index (χ4v) is 4.22. The number of nitrogens with two attached hydrogens (primary N) is 1. The third kappa shape index (κ3) is 2.36. The molecule has 3 N–H and O–H groups in total. The standard InChI is InChI=1S/C13H18N2O4S/c1-18-12-5-3-9(7-10(12)14)20(16,17)15-11-6-8-2-4-13(11)19-8/h3,5,7-8,11,13,15H,2,4,6,14H2,1H3. The van der Waals surface area contributed by atoms with Crippen molar-refractivity contribution in [2.75, 3.05) is 12.8 Å². The van der Waals surface area contributed by atoms with Crippen molar-refractivity contribution in [2.45, 2.75) is 42.4 Å². The van der Waals surface area contributed by atoms with Crippen molar-refractivity contribution in [3.8, 4) is 5.75 Å². The zero-order valence-corrected chi connectivity index (χ0v) is 12.0. The summed E-state index contributed by atoms with van der Waals surface area (Å²) in [7, 11) is -2.09. The smallest absolute Gasteiger partial charge is 0.240 e. The number of nitrogens with one attached hydrogen (secondary N) is 1. The summed E-state index contributed by atoms with van der Waals surface area (Å²) in [6.45, 7) is 0. The number of hydrogen-bond donors (Lipinski definition) is 2. The SMILES string of the molecule is COc1ccc(S(=O)(=O)NC2CC3CCC2O3)cc1N. The van der Waals surface area contributed by atoms with Crippen LogP contribution < -0.4 is 15.2 Å². The normalized spacial score (nSPS) is 28.8. The number of ether oxygens (including phenoxy) is 2. The first kappa shape index (κ1) is 13.7. The van der Waals surface area contributed by atoms with E-state index in [1.165, 1.54) is 19.2 Å². The fraction of sp³-hybridized carbons (Fsp3) is 0.538. The van der Waals surface area contributed by atoms with Gasteiger partial charge in [0.1, 0.15) is 5.75 Å². The van der Waals surface area contributed by atoms with Gasteiger partial charge in [0.05, 0.1) is 35.9 Å². The summed E-state index contributed by atoms with van der Waals surface area (Å²) in [6, 6.07) is 4.32. The Morgan fingerprint density at radius 2 is 2.20 bits per heavy atom. The molecule has 0 radical (unpaired) electrons. The highest BCUT2D eigenvalue weighted by atomic mass is 32.2. The molecule has 3 atom stereocenters. The molecule has 1 aromatic carbocycles. The maximum Gasteiger partial charge on any atom is 0.240 e. The number of rotatable bonds is 4. The number of sulfonamides is 1. The van der Waals surface area contributed by atoms with E-state index >= 15 is 0 Å². The van der Waals surface area contributed by atoms with E-state index in [1.54, 1.807) is 6.07 Å². The largest absolute Gasteiger partial charge is 0.495 e. The molecule has 2 heterocycles. The van der Waals surface area contributed by atoms with Crippen molar-refractivity contribution >= 4 is 15.7 Å². The molecule has 0 saturated carbocycles. The predicted molar refractivity (Wildman–Crippen MR) is 74.0 cm³/mol. The van der Waals surface area contributed by atoms with E-state index in [0.717, 1.165) is 19.3 Å². The van der Waals surface area contributed by atoms with Gasteiger partial charge in [-0.2, -0.15) is 0 Å². The van der Waals surface area contributed by atoms with Gasteiger partial charge in [-0.1, -0.05) is 0 Å². The summed E-state index contributed by atoms with van der Waals surface area (Å²) < 4.78 is 38.1. The molecule has 0 spiro atoms. The van der Waals surface area contributed by atoms with Gasteiger partial charge in [-0.3, -0.25) is 0 Å². The molecule has 0 aromatic heterocycles. The van der Waals surface area contributed by atoms with Crippen LogP contribution in [-0.4, -0.2) is 33.8 Å². The van der Waals surface area contributed by atoms with Gasteiger partial charge < -0.3 is 15.2 Å². The number of anilines is 1. The summed E-state index contributed by atoms with van der Waals surface area (Å²) in [5.74, 6) is 0.465. The van der Waals surface area contributed by atoms with Crippen LogP contribution in [0.15, 0.2) is 23.1 Å². The Bertz CT molecular complexity index is 617. The van der Waals surface area contributed by atoms with Crippen LogP contribution in [0.1, 0.15) is 19.3 Å². The second kappa shape index (κ2) is 4.91. The van der Waals surface area contributed by atoms with Crippen molar-refractivity contribution in [1.29, 1.82) is 0 Å². The highest BCUT2D eigenvalue weighted by Crippen LogP contribution is 2.35. The Balaban J connectivity index is 1.79. The predicted octanol–water partition coefficient (Wildman–Crippen LogP) is 0.876. The third-order valence-electron chi connectivity index (χ3n) is 3.92. The Morgan fingerprint density at radius 1 is 1.40 bits per heavy atom. The van der Waals surface area contributed by atoms with Crippen molar-refractivity contribution in [3.05, 3.63) is 18.2 Å². The number of fused-ring (bicyclic) bond motifs is 2. The minimum absolute atomic E-state index is 0.00497. The maximum atomic E-state index is 12.4. The Labute approximate surface area is 118 Å². The highest BCUT2D eigenvalue weighted by Gasteiger charge is 2.42. The first-order valence-electron chi connectivity index (χ1n) is 6.61. The lowest BCUT2D eigenvalue weighted by atomic mass is 9.96. The molecule has 7 heteroatoms. The van der Waals surface area contributed by atoms with E-state index in [-0.39, 0.29) is 23.1 Å². The number of methoxy groups -OCH3 is 1. The average Bonchev–Trinajstić information content (AvgIpc) is 3.00. The van der Waals surface area contributed by atoms with Gasteiger partial charge >= 0.3 is 0 Å². The van der Waals surface area contributed by atoms with Crippen molar-refractivity contribution < 1.29 is 17.9 Å². The molecule has 6 nitrogen and oxygen atoms in total. The lowest BCUT2D eigenvalue weighted by Crippen LogP contribution is -2.41. The van der Waals surface area contributed by atoms with Crippen LogP contribution in [0.4, 0.5) is 5.69 Å². The maximum absolute atomic E-state index is 12.4. The summed E-state index contributed by atoms with van der Waals surface area (Å²) >= 11 is 0. The van der Waals surface area contributed by atoms with Crippen LogP contribution in [0.5, 0.6) is 5.75 Å². The molecule has 2 fully saturated rings. The number of benzene rings is 1. The molecule has 2 saturated heterocycles. The van der Waals surface area contributed by atoms with Crippen LogP contribution in [-0.2, 0) is 14.8 Å². The van der Waals surface area contributed by atoms with Gasteiger partial charge in [0.25, 0.3) is 0 Å². The van der Waals surface area contributed by atoms with E-state index in [1.807, 2.05) is 0 Å². The van der Waals surface area contributed by atoms with Crippen LogP contribution >= 0.6 is 0 Å². The van der Waals surface area contributed by atoms with Crippen LogP contribution in [0.3, 0.4) is 0 Å². The van der Waals surface area contributed by atoms with E-state index < -0.39 is 10.0 Å². The van der Waals surface area contributed by atoms with Gasteiger partial charge in [-0.15, -0.1) is 0 Å². The summed E-state index contributed by atoms with van der Waals surface area (Å²) in [6.07, 6.45) is 2.90. The molecule has 110 valence electrons. The number of hydrogen-bond acceptors (Lipinski definition) is 5. The van der Waals surface area contributed by atoms with E-state index in [4.69, 9.17) is 15.2 Å². The second-order valence-corrected chi connectivity index (χ2v) is 6.96. The van der Waals surface area contributed by atoms with Gasteiger partial charge in [0, 0.05) is 0 Å². The quantitative estimate of drug-likeness (QED) is 0.805. The Morgan fingerprint density at radius 3 is 2.75 bits per heavy atom. The first-order chi connectivity index (χ1) is 9.49. The van der Waals surface area contributed by atoms with Gasteiger partial charge in [0.15, 0.2) is 0 Å².